The van der Waals surface area contributed by atoms with E-state index in [9.17, 15) is 9.59 Å². The number of esters is 1. The molecule has 1 N–H and O–H groups in total. The maximum Gasteiger partial charge on any atom is 0.345 e. The number of unbranched alkanes of at least 4 members (excludes halogenated alkanes) is 1. The second-order valence-corrected chi connectivity index (χ2v) is 8.73. The van der Waals surface area contributed by atoms with Crippen LogP contribution in [0.1, 0.15) is 35.7 Å². The van der Waals surface area contributed by atoms with Crippen LogP contribution >= 0.6 is 11.6 Å². The van der Waals surface area contributed by atoms with Crippen LogP contribution in [-0.2, 0) is 4.79 Å². The Bertz CT molecular complexity index is 1440. The average molecular weight is 531 g/mol. The van der Waals surface area contributed by atoms with Gasteiger partial charge in [-0.25, -0.2) is 10.2 Å². The SMILES string of the molecule is CCCCOc1ccc(OCC(=O)N/N=C/c2c(OC(=O)c3ccccc3Cl)ccc3ccccc23)cc1. The number of hydrazone groups is 1. The third-order valence-corrected chi connectivity index (χ3v) is 5.90. The van der Waals surface area contributed by atoms with Crippen LogP contribution in [-0.4, -0.2) is 31.3 Å². The molecule has 0 heterocycles. The van der Waals surface area contributed by atoms with E-state index in [1.807, 2.05) is 30.3 Å². The lowest BCUT2D eigenvalue weighted by Gasteiger charge is -2.11. The first-order chi connectivity index (χ1) is 18.5. The van der Waals surface area contributed by atoms with Gasteiger partial charge in [0.1, 0.15) is 17.2 Å². The van der Waals surface area contributed by atoms with Crippen molar-refractivity contribution in [3.8, 4) is 17.2 Å². The highest BCUT2D eigenvalue weighted by molar-refractivity contribution is 6.33. The number of rotatable bonds is 11. The van der Waals surface area contributed by atoms with Crippen LogP contribution in [0.2, 0.25) is 5.02 Å². The summed E-state index contributed by atoms with van der Waals surface area (Å²) in [4.78, 5) is 25.1. The predicted octanol–water partition coefficient (Wildman–Crippen LogP) is 6.42. The molecule has 0 atom stereocenters. The van der Waals surface area contributed by atoms with Crippen molar-refractivity contribution < 1.29 is 23.8 Å². The van der Waals surface area contributed by atoms with Crippen LogP contribution in [0.5, 0.6) is 17.2 Å². The summed E-state index contributed by atoms with van der Waals surface area (Å²) >= 11 is 6.15. The number of ether oxygens (including phenoxy) is 3. The Labute approximate surface area is 226 Å². The molecule has 8 heteroatoms. The van der Waals surface area contributed by atoms with Crippen LogP contribution in [0, 0.1) is 0 Å². The van der Waals surface area contributed by atoms with E-state index in [4.69, 9.17) is 25.8 Å². The van der Waals surface area contributed by atoms with Crippen molar-refractivity contribution in [1.82, 2.24) is 5.43 Å². The lowest BCUT2D eigenvalue weighted by molar-refractivity contribution is -0.123. The van der Waals surface area contributed by atoms with Crippen LogP contribution in [0.25, 0.3) is 10.8 Å². The topological polar surface area (TPSA) is 86.2 Å². The number of halogens is 1. The van der Waals surface area contributed by atoms with Gasteiger partial charge in [0.15, 0.2) is 6.61 Å². The van der Waals surface area contributed by atoms with E-state index in [1.165, 1.54) is 6.21 Å². The molecule has 1 amide bonds. The second-order valence-electron chi connectivity index (χ2n) is 8.32. The Balaban J connectivity index is 1.41. The van der Waals surface area contributed by atoms with Gasteiger partial charge in [-0.1, -0.05) is 67.4 Å². The molecule has 4 aromatic carbocycles. The maximum absolute atomic E-state index is 12.8. The molecule has 0 saturated carbocycles. The molecule has 0 aliphatic carbocycles. The minimum absolute atomic E-state index is 0.225. The molecule has 0 unspecified atom stereocenters. The minimum Gasteiger partial charge on any atom is -0.494 e. The van der Waals surface area contributed by atoms with Gasteiger partial charge in [-0.3, -0.25) is 4.79 Å². The number of nitrogens with zero attached hydrogens (tertiary/aromatic N) is 1. The smallest absolute Gasteiger partial charge is 0.345 e. The Morgan fingerprint density at radius 2 is 1.61 bits per heavy atom. The molecule has 194 valence electrons. The fraction of sp³-hybridized carbons (Fsp3) is 0.167. The number of hydrogen-bond donors (Lipinski definition) is 1. The summed E-state index contributed by atoms with van der Waals surface area (Å²) in [6.07, 6.45) is 3.50. The van der Waals surface area contributed by atoms with Gasteiger partial charge < -0.3 is 14.2 Å². The number of hydrogen-bond acceptors (Lipinski definition) is 6. The number of carbonyl (C=O) groups is 2. The van der Waals surface area contributed by atoms with Crippen LogP contribution in [0.3, 0.4) is 0 Å². The van der Waals surface area contributed by atoms with Gasteiger partial charge >= 0.3 is 5.97 Å². The van der Waals surface area contributed by atoms with Crippen molar-refractivity contribution in [3.63, 3.8) is 0 Å². The minimum atomic E-state index is -0.597. The molecule has 38 heavy (non-hydrogen) atoms. The first-order valence-corrected chi connectivity index (χ1v) is 12.6. The first kappa shape index (κ1) is 26.7. The molecule has 0 fully saturated rings. The summed E-state index contributed by atoms with van der Waals surface area (Å²) in [6, 6.07) is 24.8. The van der Waals surface area contributed by atoms with Gasteiger partial charge in [-0.2, -0.15) is 5.10 Å². The molecule has 0 aliphatic rings. The van der Waals surface area contributed by atoms with E-state index < -0.39 is 11.9 Å². The van der Waals surface area contributed by atoms with Crippen LogP contribution < -0.4 is 19.6 Å². The van der Waals surface area contributed by atoms with E-state index in [-0.39, 0.29) is 17.9 Å². The first-order valence-electron chi connectivity index (χ1n) is 12.2. The lowest BCUT2D eigenvalue weighted by Crippen LogP contribution is -2.24. The standard InChI is InChI=1S/C30H27ClN2O5/c1-2-3-18-36-22-13-15-23(16-14-22)37-20-29(34)33-32-19-26-24-9-5-4-8-21(24)12-17-28(26)38-30(35)25-10-6-7-11-27(25)31/h4-17,19H,2-3,18,20H2,1H3,(H,33,34)/b32-19+. The van der Waals surface area contributed by atoms with Gasteiger partial charge in [-0.05, 0) is 59.7 Å². The molecule has 4 rings (SSSR count). The molecular weight excluding hydrogens is 504 g/mol. The highest BCUT2D eigenvalue weighted by Crippen LogP contribution is 2.28. The van der Waals surface area contributed by atoms with Crippen molar-refractivity contribution in [1.29, 1.82) is 0 Å². The Hall–Kier alpha value is -4.36. The largest absolute Gasteiger partial charge is 0.494 e. The molecule has 0 aliphatic heterocycles. The zero-order valence-corrected chi connectivity index (χ0v) is 21.6. The van der Waals surface area contributed by atoms with Crippen molar-refractivity contribution >= 4 is 40.5 Å². The van der Waals surface area contributed by atoms with E-state index in [2.05, 4.69) is 17.5 Å². The van der Waals surface area contributed by atoms with Crippen molar-refractivity contribution in [2.24, 2.45) is 5.10 Å². The predicted molar refractivity (Wildman–Crippen MR) is 148 cm³/mol. The van der Waals surface area contributed by atoms with E-state index in [1.54, 1.807) is 54.6 Å². The number of benzene rings is 4. The van der Waals surface area contributed by atoms with E-state index in [0.717, 1.165) is 29.4 Å². The van der Waals surface area contributed by atoms with Crippen LogP contribution in [0.15, 0.2) is 90.0 Å². The fourth-order valence-corrected chi connectivity index (χ4v) is 3.81. The second kappa shape index (κ2) is 13.3. The summed E-state index contributed by atoms with van der Waals surface area (Å²) in [5.41, 5.74) is 3.23. The third kappa shape index (κ3) is 7.11. The number of nitrogens with one attached hydrogen (secondary N) is 1. The molecule has 0 aromatic heterocycles. The van der Waals surface area contributed by atoms with Crippen molar-refractivity contribution in [2.75, 3.05) is 13.2 Å². The molecule has 0 radical (unpaired) electrons. The van der Waals surface area contributed by atoms with Crippen molar-refractivity contribution in [2.45, 2.75) is 19.8 Å². The normalized spacial score (nSPS) is 10.9. The zero-order valence-electron chi connectivity index (χ0n) is 20.9. The highest BCUT2D eigenvalue weighted by Gasteiger charge is 2.16. The number of amides is 1. The van der Waals surface area contributed by atoms with E-state index in [0.29, 0.717) is 22.9 Å². The van der Waals surface area contributed by atoms with Gasteiger partial charge in [-0.15, -0.1) is 0 Å². The monoisotopic (exact) mass is 530 g/mol. The highest BCUT2D eigenvalue weighted by atomic mass is 35.5. The summed E-state index contributed by atoms with van der Waals surface area (Å²) in [7, 11) is 0. The summed E-state index contributed by atoms with van der Waals surface area (Å²) in [6.45, 7) is 2.54. The Morgan fingerprint density at radius 3 is 2.37 bits per heavy atom. The molecule has 7 nitrogen and oxygen atoms in total. The van der Waals surface area contributed by atoms with Crippen LogP contribution in [0.4, 0.5) is 0 Å². The Kier molecular flexibility index (Phi) is 9.32. The molecular formula is C30H27ClN2O5. The summed E-state index contributed by atoms with van der Waals surface area (Å²) < 4.78 is 16.8. The number of carbonyl (C=O) groups excluding carboxylic acids is 2. The van der Waals surface area contributed by atoms with Gasteiger partial charge in [0.25, 0.3) is 5.91 Å². The van der Waals surface area contributed by atoms with E-state index >= 15 is 0 Å². The summed E-state index contributed by atoms with van der Waals surface area (Å²) in [5, 5.41) is 6.09. The molecule has 0 saturated heterocycles. The summed E-state index contributed by atoms with van der Waals surface area (Å²) in [5.74, 6) is 0.527. The quantitative estimate of drug-likeness (QED) is 0.0794. The molecule has 0 spiro atoms. The molecule has 4 aromatic rings. The fourth-order valence-electron chi connectivity index (χ4n) is 3.60. The molecule has 0 bridgehead atoms. The van der Waals surface area contributed by atoms with Gasteiger partial charge in [0, 0.05) is 5.56 Å². The number of fused-ring (bicyclic) bond motifs is 1. The van der Waals surface area contributed by atoms with Gasteiger partial charge in [0.2, 0.25) is 0 Å². The Morgan fingerprint density at radius 1 is 0.895 bits per heavy atom. The third-order valence-electron chi connectivity index (χ3n) is 5.57. The van der Waals surface area contributed by atoms with Crippen molar-refractivity contribution in [3.05, 3.63) is 101 Å². The average Bonchev–Trinajstić information content (AvgIpc) is 2.94. The zero-order chi connectivity index (χ0) is 26.7. The van der Waals surface area contributed by atoms with Gasteiger partial charge in [0.05, 0.1) is 23.4 Å². The maximum atomic E-state index is 12.8. The lowest BCUT2D eigenvalue weighted by atomic mass is 10.0.